The van der Waals surface area contributed by atoms with Crippen LogP contribution in [-0.2, 0) is 0 Å². The first kappa shape index (κ1) is 13.6. The number of aromatic nitrogens is 2. The highest BCUT2D eigenvalue weighted by Crippen LogP contribution is 2.30. The fourth-order valence-corrected chi connectivity index (χ4v) is 3.38. The Morgan fingerprint density at radius 2 is 2.06 bits per heavy atom. The van der Waals surface area contributed by atoms with Crippen LogP contribution < -0.4 is 9.64 Å². The number of alkyl halides is 1. The Hall–Kier alpha value is -0.840. The normalized spacial score (nSPS) is 23.8. The molecule has 1 aromatic heterocycles. The average Bonchev–Trinajstić information content (AvgIpc) is 2.37. The first-order chi connectivity index (χ1) is 8.61. The molecule has 0 radical (unpaired) electrons. The zero-order valence-corrected chi connectivity index (χ0v) is 12.8. The van der Waals surface area contributed by atoms with Crippen LogP contribution in [0.4, 0.5) is 5.95 Å². The van der Waals surface area contributed by atoms with E-state index >= 15 is 0 Å². The zero-order chi connectivity index (χ0) is 13.1. The van der Waals surface area contributed by atoms with Crippen LogP contribution in [0.3, 0.4) is 0 Å². The Bertz CT molecular complexity index is 413. The van der Waals surface area contributed by atoms with Gasteiger partial charge >= 0.3 is 0 Å². The van der Waals surface area contributed by atoms with Crippen LogP contribution in [0.25, 0.3) is 0 Å². The van der Waals surface area contributed by atoms with E-state index in [0.717, 1.165) is 11.6 Å². The summed E-state index contributed by atoms with van der Waals surface area (Å²) in [7, 11) is 3.71. The van der Waals surface area contributed by atoms with Gasteiger partial charge in [0.05, 0.1) is 7.11 Å². The van der Waals surface area contributed by atoms with E-state index in [1.54, 1.807) is 7.11 Å². The lowest BCUT2D eigenvalue weighted by atomic mass is 9.94. The summed E-state index contributed by atoms with van der Waals surface area (Å²) in [4.78, 5) is 11.6. The first-order valence-corrected chi connectivity index (χ1v) is 7.30. The van der Waals surface area contributed by atoms with Crippen molar-refractivity contribution >= 4 is 21.9 Å². The number of ether oxygens (including phenoxy) is 1. The van der Waals surface area contributed by atoms with E-state index in [2.05, 4.69) is 37.8 Å². The van der Waals surface area contributed by atoms with Crippen LogP contribution >= 0.6 is 15.9 Å². The Balaban J connectivity index is 2.21. The van der Waals surface area contributed by atoms with Gasteiger partial charge in [-0.15, -0.1) is 0 Å². The molecule has 18 heavy (non-hydrogen) atoms. The Morgan fingerprint density at radius 3 is 2.72 bits per heavy atom. The molecule has 0 bridgehead atoms. The lowest BCUT2D eigenvalue weighted by Gasteiger charge is -2.35. The molecule has 1 aliphatic rings. The van der Waals surface area contributed by atoms with E-state index in [1.807, 2.05) is 13.0 Å². The highest BCUT2D eigenvalue weighted by Gasteiger charge is 2.28. The molecule has 1 fully saturated rings. The molecule has 4 nitrogen and oxygen atoms in total. The standard InChI is InChI=1S/C13H20BrN3O/c1-9-8-12(18-3)16-13(15-9)17(2)11-7-5-4-6-10(11)14/h8,10-11H,4-7H2,1-3H3. The molecule has 1 aromatic rings. The molecule has 0 aromatic carbocycles. The quantitative estimate of drug-likeness (QED) is 0.804. The van der Waals surface area contributed by atoms with Gasteiger partial charge in [-0.25, -0.2) is 4.98 Å². The summed E-state index contributed by atoms with van der Waals surface area (Å²) in [5.41, 5.74) is 0.936. The third-order valence-electron chi connectivity index (χ3n) is 3.49. The van der Waals surface area contributed by atoms with Gasteiger partial charge in [-0.1, -0.05) is 28.8 Å². The second-order valence-corrected chi connectivity index (χ2v) is 6.01. The maximum atomic E-state index is 5.21. The van der Waals surface area contributed by atoms with Gasteiger partial charge in [0.15, 0.2) is 0 Å². The Morgan fingerprint density at radius 1 is 1.33 bits per heavy atom. The molecular formula is C13H20BrN3O. The van der Waals surface area contributed by atoms with E-state index in [-0.39, 0.29) is 0 Å². The monoisotopic (exact) mass is 313 g/mol. The minimum Gasteiger partial charge on any atom is -0.481 e. The lowest BCUT2D eigenvalue weighted by molar-refractivity contribution is 0.393. The minimum atomic E-state index is 0.463. The Labute approximate surface area is 117 Å². The van der Waals surface area contributed by atoms with E-state index in [9.17, 15) is 0 Å². The predicted molar refractivity (Wildman–Crippen MR) is 76.7 cm³/mol. The van der Waals surface area contributed by atoms with Crippen molar-refractivity contribution < 1.29 is 4.74 Å². The summed E-state index contributed by atoms with van der Waals surface area (Å²) in [5.74, 6) is 1.38. The molecule has 0 amide bonds. The van der Waals surface area contributed by atoms with Crippen molar-refractivity contribution in [2.24, 2.45) is 0 Å². The molecule has 0 aliphatic heterocycles. The SMILES string of the molecule is COc1cc(C)nc(N(C)C2CCCCC2Br)n1. The van der Waals surface area contributed by atoms with Gasteiger partial charge in [0.1, 0.15) is 0 Å². The number of rotatable bonds is 3. The predicted octanol–water partition coefficient (Wildman–Crippen LogP) is 2.94. The molecule has 2 atom stereocenters. The molecule has 100 valence electrons. The molecule has 1 aliphatic carbocycles. The van der Waals surface area contributed by atoms with Gasteiger partial charge < -0.3 is 9.64 Å². The van der Waals surface area contributed by atoms with Gasteiger partial charge in [0.25, 0.3) is 0 Å². The van der Waals surface area contributed by atoms with Gasteiger partial charge in [0, 0.05) is 29.7 Å². The van der Waals surface area contributed by atoms with E-state index in [4.69, 9.17) is 4.74 Å². The summed E-state index contributed by atoms with van der Waals surface area (Å²) in [5, 5.41) is 0. The number of hydrogen-bond donors (Lipinski definition) is 0. The number of halogens is 1. The fraction of sp³-hybridized carbons (Fsp3) is 0.692. The van der Waals surface area contributed by atoms with Crippen LogP contribution in [0.15, 0.2) is 6.07 Å². The highest BCUT2D eigenvalue weighted by atomic mass is 79.9. The molecule has 2 rings (SSSR count). The maximum absolute atomic E-state index is 5.21. The van der Waals surface area contributed by atoms with Gasteiger partial charge in [-0.3, -0.25) is 0 Å². The second-order valence-electron chi connectivity index (χ2n) is 4.83. The van der Waals surface area contributed by atoms with Crippen LogP contribution in [0, 0.1) is 6.92 Å². The molecule has 5 heteroatoms. The van der Waals surface area contributed by atoms with Crippen molar-refractivity contribution in [1.29, 1.82) is 0 Å². The summed E-state index contributed by atoms with van der Waals surface area (Å²) in [6.07, 6.45) is 4.99. The number of hydrogen-bond acceptors (Lipinski definition) is 4. The van der Waals surface area contributed by atoms with Crippen LogP contribution in [0.2, 0.25) is 0 Å². The largest absolute Gasteiger partial charge is 0.481 e. The Kier molecular flexibility index (Phi) is 4.43. The molecule has 2 unspecified atom stereocenters. The lowest BCUT2D eigenvalue weighted by Crippen LogP contribution is -2.41. The summed E-state index contributed by atoms with van der Waals surface area (Å²) < 4.78 is 5.21. The molecule has 0 spiro atoms. The minimum absolute atomic E-state index is 0.463. The number of methoxy groups -OCH3 is 1. The number of anilines is 1. The maximum Gasteiger partial charge on any atom is 0.228 e. The van der Waals surface area contributed by atoms with Crippen LogP contribution in [0.5, 0.6) is 5.88 Å². The third kappa shape index (κ3) is 2.94. The van der Waals surface area contributed by atoms with Crippen molar-refractivity contribution in [1.82, 2.24) is 9.97 Å². The van der Waals surface area contributed by atoms with Crippen LogP contribution in [-0.4, -0.2) is 35.0 Å². The number of aryl methyl sites for hydroxylation is 1. The highest BCUT2D eigenvalue weighted by molar-refractivity contribution is 9.09. The first-order valence-electron chi connectivity index (χ1n) is 6.38. The van der Waals surface area contributed by atoms with E-state index < -0.39 is 0 Å². The van der Waals surface area contributed by atoms with Crippen LogP contribution in [0.1, 0.15) is 31.4 Å². The van der Waals surface area contributed by atoms with Crippen molar-refractivity contribution in [3.8, 4) is 5.88 Å². The van der Waals surface area contributed by atoms with Gasteiger partial charge in [-0.2, -0.15) is 4.98 Å². The summed E-state index contributed by atoms with van der Waals surface area (Å²) in [6.45, 7) is 1.97. The smallest absolute Gasteiger partial charge is 0.228 e. The third-order valence-corrected chi connectivity index (χ3v) is 4.56. The fourth-order valence-electron chi connectivity index (χ4n) is 2.44. The zero-order valence-electron chi connectivity index (χ0n) is 11.2. The topological polar surface area (TPSA) is 38.2 Å². The molecular weight excluding hydrogens is 294 g/mol. The summed E-state index contributed by atoms with van der Waals surface area (Å²) in [6, 6.07) is 2.31. The van der Waals surface area contributed by atoms with Crippen molar-refractivity contribution in [3.63, 3.8) is 0 Å². The molecule has 0 saturated heterocycles. The summed E-state index contributed by atoms with van der Waals surface area (Å²) >= 11 is 3.78. The van der Waals surface area contributed by atoms with Crippen molar-refractivity contribution in [2.45, 2.75) is 43.5 Å². The average molecular weight is 314 g/mol. The van der Waals surface area contributed by atoms with Gasteiger partial charge in [0.2, 0.25) is 11.8 Å². The molecule has 0 N–H and O–H groups in total. The van der Waals surface area contributed by atoms with E-state index in [0.29, 0.717) is 16.7 Å². The molecule has 1 heterocycles. The van der Waals surface area contributed by atoms with Crippen molar-refractivity contribution in [3.05, 3.63) is 11.8 Å². The van der Waals surface area contributed by atoms with Crippen molar-refractivity contribution in [2.75, 3.05) is 19.1 Å². The molecule has 1 saturated carbocycles. The second kappa shape index (κ2) is 5.87. The number of nitrogens with zero attached hydrogens (tertiary/aromatic N) is 3. The van der Waals surface area contributed by atoms with Gasteiger partial charge in [-0.05, 0) is 19.8 Å². The van der Waals surface area contributed by atoms with E-state index in [1.165, 1.54) is 25.7 Å².